The molecule has 2 nitrogen and oxygen atoms in total. The van der Waals surface area contributed by atoms with Crippen molar-refractivity contribution in [1.29, 1.82) is 0 Å². The van der Waals surface area contributed by atoms with Gasteiger partial charge in [0.25, 0.3) is 0 Å². The highest BCUT2D eigenvalue weighted by atomic mass is 15.0. The van der Waals surface area contributed by atoms with Crippen molar-refractivity contribution in [2.45, 2.75) is 19.3 Å². The first-order valence-electron chi connectivity index (χ1n) is 13.9. The van der Waals surface area contributed by atoms with Gasteiger partial charge in [0.1, 0.15) is 0 Å². The van der Waals surface area contributed by atoms with E-state index in [1.54, 1.807) is 0 Å². The summed E-state index contributed by atoms with van der Waals surface area (Å²) >= 11 is 0. The van der Waals surface area contributed by atoms with Gasteiger partial charge in [0, 0.05) is 38.8 Å². The summed E-state index contributed by atoms with van der Waals surface area (Å²) in [6, 6.07) is 44.2. The van der Waals surface area contributed by atoms with Crippen molar-refractivity contribution in [1.82, 2.24) is 9.13 Å². The van der Waals surface area contributed by atoms with Gasteiger partial charge in [-0.2, -0.15) is 0 Å². The number of nitrogens with zero attached hydrogens (tertiary/aromatic N) is 2. The maximum Gasteiger partial charge on any atom is 0.0541 e. The first-order chi connectivity index (χ1) is 19.4. The topological polar surface area (TPSA) is 9.86 Å². The Hall–Kier alpha value is -4.82. The SMILES string of the molecule is C1=Cc2c(n(-c3ccc(-c4ccc(-n5c6ccccc6c6ccccc65)cc4)cc3)c3ccccc23)CCC1. The van der Waals surface area contributed by atoms with Crippen LogP contribution >= 0.6 is 0 Å². The smallest absolute Gasteiger partial charge is 0.0541 e. The zero-order valence-corrected chi connectivity index (χ0v) is 21.7. The van der Waals surface area contributed by atoms with Crippen LogP contribution in [0.15, 0.2) is 127 Å². The molecule has 2 heteroatoms. The van der Waals surface area contributed by atoms with Gasteiger partial charge in [0.15, 0.2) is 0 Å². The Morgan fingerprint density at radius 3 is 1.54 bits per heavy atom. The summed E-state index contributed by atoms with van der Waals surface area (Å²) in [7, 11) is 0. The molecule has 186 valence electrons. The lowest BCUT2D eigenvalue weighted by Crippen LogP contribution is -2.01. The Morgan fingerprint density at radius 1 is 0.462 bits per heavy atom. The quantitative estimate of drug-likeness (QED) is 0.228. The minimum absolute atomic E-state index is 1.10. The zero-order chi connectivity index (χ0) is 25.8. The van der Waals surface area contributed by atoms with E-state index < -0.39 is 0 Å². The van der Waals surface area contributed by atoms with Crippen molar-refractivity contribution in [3.05, 3.63) is 139 Å². The molecule has 5 aromatic carbocycles. The van der Waals surface area contributed by atoms with E-state index in [2.05, 4.69) is 143 Å². The molecule has 0 fully saturated rings. The second-order valence-corrected chi connectivity index (χ2v) is 10.5. The van der Waals surface area contributed by atoms with Crippen LogP contribution in [-0.2, 0) is 6.42 Å². The minimum atomic E-state index is 1.10. The standard InChI is InChI=1S/C37H28N2/c1-2-10-30-31-11-4-7-15-35(31)38(34(30)14-3-1)28-22-18-26(19-23-28)27-20-24-29(25-21-27)39-36-16-8-5-12-32(36)33-13-6-9-17-37(33)39/h2,4-13,15-25H,1,3,14H2. The molecule has 0 saturated carbocycles. The largest absolute Gasteiger partial charge is 0.313 e. The van der Waals surface area contributed by atoms with Crippen LogP contribution in [0.25, 0.3) is 61.3 Å². The summed E-state index contributed by atoms with van der Waals surface area (Å²) in [5.74, 6) is 0. The van der Waals surface area contributed by atoms with Crippen molar-refractivity contribution in [2.75, 3.05) is 0 Å². The number of rotatable bonds is 3. The van der Waals surface area contributed by atoms with Gasteiger partial charge in [-0.15, -0.1) is 0 Å². The number of fused-ring (bicyclic) bond motifs is 6. The molecule has 0 bridgehead atoms. The summed E-state index contributed by atoms with van der Waals surface area (Å²) in [6.45, 7) is 0. The first-order valence-corrected chi connectivity index (χ1v) is 13.9. The molecule has 2 heterocycles. The van der Waals surface area contributed by atoms with Crippen molar-refractivity contribution < 1.29 is 0 Å². The highest BCUT2D eigenvalue weighted by Crippen LogP contribution is 2.35. The second kappa shape index (κ2) is 8.89. The van der Waals surface area contributed by atoms with E-state index in [9.17, 15) is 0 Å². The third-order valence-corrected chi connectivity index (χ3v) is 8.25. The number of aromatic nitrogens is 2. The van der Waals surface area contributed by atoms with E-state index in [-0.39, 0.29) is 0 Å². The molecular formula is C37H28N2. The van der Waals surface area contributed by atoms with E-state index in [4.69, 9.17) is 0 Å². The number of hydrogen-bond acceptors (Lipinski definition) is 0. The highest BCUT2D eigenvalue weighted by molar-refractivity contribution is 6.09. The monoisotopic (exact) mass is 500 g/mol. The second-order valence-electron chi connectivity index (χ2n) is 10.5. The van der Waals surface area contributed by atoms with Crippen LogP contribution in [0.5, 0.6) is 0 Å². The van der Waals surface area contributed by atoms with Gasteiger partial charge in [-0.1, -0.05) is 91.0 Å². The van der Waals surface area contributed by atoms with Crippen LogP contribution in [0.3, 0.4) is 0 Å². The van der Waals surface area contributed by atoms with E-state index in [1.165, 1.54) is 72.9 Å². The average Bonchev–Trinajstić information content (AvgIpc) is 3.38. The Bertz CT molecular complexity index is 1960. The van der Waals surface area contributed by atoms with Crippen molar-refractivity contribution >= 4 is 38.8 Å². The fourth-order valence-electron chi connectivity index (χ4n) is 6.44. The number of allylic oxidation sites excluding steroid dienone is 1. The molecule has 0 spiro atoms. The molecule has 0 aliphatic heterocycles. The molecule has 0 unspecified atom stereocenters. The van der Waals surface area contributed by atoms with E-state index in [0.717, 1.165) is 12.8 Å². The summed E-state index contributed by atoms with van der Waals surface area (Å²) in [5, 5.41) is 3.92. The van der Waals surface area contributed by atoms with E-state index in [1.807, 2.05) is 0 Å². The van der Waals surface area contributed by atoms with Gasteiger partial charge in [-0.05, 0) is 72.9 Å². The number of para-hydroxylation sites is 3. The lowest BCUT2D eigenvalue weighted by Gasteiger charge is -2.13. The third kappa shape index (κ3) is 3.49. The molecule has 7 aromatic rings. The van der Waals surface area contributed by atoms with Crippen molar-refractivity contribution in [2.24, 2.45) is 0 Å². The van der Waals surface area contributed by atoms with E-state index >= 15 is 0 Å². The molecule has 39 heavy (non-hydrogen) atoms. The molecule has 8 rings (SSSR count). The Labute approximate surface area is 228 Å². The van der Waals surface area contributed by atoms with Gasteiger partial charge in [-0.3, -0.25) is 0 Å². The van der Waals surface area contributed by atoms with Crippen LogP contribution in [0.4, 0.5) is 0 Å². The van der Waals surface area contributed by atoms with Crippen molar-refractivity contribution in [3.63, 3.8) is 0 Å². The number of hydrogen-bond donors (Lipinski definition) is 0. The minimum Gasteiger partial charge on any atom is -0.313 e. The Morgan fingerprint density at radius 2 is 0.949 bits per heavy atom. The maximum atomic E-state index is 2.47. The fraction of sp³-hybridized carbons (Fsp3) is 0.0811. The van der Waals surface area contributed by atoms with Crippen LogP contribution in [0, 0.1) is 0 Å². The predicted molar refractivity (Wildman–Crippen MR) is 165 cm³/mol. The molecule has 0 radical (unpaired) electrons. The fourth-order valence-corrected chi connectivity index (χ4v) is 6.44. The zero-order valence-electron chi connectivity index (χ0n) is 21.7. The third-order valence-electron chi connectivity index (χ3n) is 8.25. The Balaban J connectivity index is 1.18. The van der Waals surface area contributed by atoms with E-state index in [0.29, 0.717) is 0 Å². The van der Waals surface area contributed by atoms with Gasteiger partial charge >= 0.3 is 0 Å². The van der Waals surface area contributed by atoms with Gasteiger partial charge < -0.3 is 9.13 Å². The molecule has 0 amide bonds. The molecule has 1 aliphatic carbocycles. The molecule has 0 N–H and O–H groups in total. The lowest BCUT2D eigenvalue weighted by molar-refractivity contribution is 0.807. The normalized spacial score (nSPS) is 13.2. The Kier molecular flexibility index (Phi) is 5.06. The highest BCUT2D eigenvalue weighted by Gasteiger charge is 2.18. The molecule has 0 atom stereocenters. The van der Waals surface area contributed by atoms with Crippen molar-refractivity contribution in [3.8, 4) is 22.5 Å². The maximum absolute atomic E-state index is 2.47. The summed E-state index contributed by atoms with van der Waals surface area (Å²) in [6.07, 6.45) is 8.09. The molecule has 2 aromatic heterocycles. The van der Waals surface area contributed by atoms with Gasteiger partial charge in [0.05, 0.1) is 16.6 Å². The van der Waals surface area contributed by atoms with Gasteiger partial charge in [0.2, 0.25) is 0 Å². The summed E-state index contributed by atoms with van der Waals surface area (Å²) in [5.41, 5.74) is 11.4. The lowest BCUT2D eigenvalue weighted by atomic mass is 10.0. The molecule has 0 saturated heterocycles. The van der Waals surface area contributed by atoms with Crippen LogP contribution in [-0.4, -0.2) is 9.13 Å². The molecule has 1 aliphatic rings. The van der Waals surface area contributed by atoms with Gasteiger partial charge in [-0.25, -0.2) is 0 Å². The average molecular weight is 501 g/mol. The van der Waals surface area contributed by atoms with Crippen LogP contribution < -0.4 is 0 Å². The summed E-state index contributed by atoms with van der Waals surface area (Å²) < 4.78 is 4.84. The van der Waals surface area contributed by atoms with Crippen LogP contribution in [0.1, 0.15) is 24.1 Å². The first kappa shape index (κ1) is 22.2. The number of benzene rings is 5. The molecular weight excluding hydrogens is 472 g/mol. The van der Waals surface area contributed by atoms with Crippen LogP contribution in [0.2, 0.25) is 0 Å². The predicted octanol–water partition coefficient (Wildman–Crippen LogP) is 9.74. The summed E-state index contributed by atoms with van der Waals surface area (Å²) in [4.78, 5) is 0.